The summed E-state index contributed by atoms with van der Waals surface area (Å²) >= 11 is 0. The first-order valence-corrected chi connectivity index (χ1v) is 11.1. The number of guanidine groups is 1. The Bertz CT molecular complexity index is 841. The summed E-state index contributed by atoms with van der Waals surface area (Å²) in [4.78, 5) is 19.2. The molecule has 3 rings (SSSR count). The van der Waals surface area contributed by atoms with E-state index in [9.17, 15) is 4.79 Å². The van der Waals surface area contributed by atoms with Crippen LogP contribution >= 0.6 is 24.0 Å². The number of hydrogen-bond donors (Lipinski definition) is 2. The van der Waals surface area contributed by atoms with Crippen LogP contribution in [0, 0.1) is 0 Å². The highest BCUT2D eigenvalue weighted by molar-refractivity contribution is 14.0. The number of nitrogens with zero attached hydrogens (tertiary/aromatic N) is 2. The van der Waals surface area contributed by atoms with Gasteiger partial charge in [0.2, 0.25) is 5.91 Å². The van der Waals surface area contributed by atoms with Gasteiger partial charge in [0.05, 0.1) is 6.04 Å². The topological polar surface area (TPSA) is 56.7 Å². The van der Waals surface area contributed by atoms with Gasteiger partial charge in [-0.2, -0.15) is 0 Å². The van der Waals surface area contributed by atoms with Crippen molar-refractivity contribution in [1.29, 1.82) is 0 Å². The molecule has 1 aliphatic rings. The van der Waals surface area contributed by atoms with Crippen molar-refractivity contribution in [3.63, 3.8) is 0 Å². The fourth-order valence-electron chi connectivity index (χ4n) is 3.74. The number of carbonyl (C=O) groups excluding carboxylic acids is 1. The normalized spacial score (nSPS) is 13.9. The minimum absolute atomic E-state index is 0. The minimum atomic E-state index is 0. The number of nitrogens with one attached hydrogen (secondary N) is 2. The number of halogens is 1. The maximum absolute atomic E-state index is 12.5. The number of fused-ring (bicyclic) bond motifs is 1. The number of carbonyl (C=O) groups is 1. The van der Waals surface area contributed by atoms with E-state index in [2.05, 4.69) is 72.8 Å². The van der Waals surface area contributed by atoms with Gasteiger partial charge in [-0.15, -0.1) is 24.0 Å². The molecule has 31 heavy (non-hydrogen) atoms. The maximum Gasteiger partial charge on any atom is 0.223 e. The standard InChI is InChI=1S/C25H34N4O.HI/c1-4-20-12-14-21(15-13-20)19(3)28-25(26-5-2)27-16-8-11-24(30)29-17-22-9-6-7-10-23(22)18-29;/h6-7,9-10,12-15,19H,4-5,8,11,16-18H2,1-3H3,(H2,26,27,28);1H. The van der Waals surface area contributed by atoms with E-state index >= 15 is 0 Å². The number of amides is 1. The molecular weight excluding hydrogens is 499 g/mol. The van der Waals surface area contributed by atoms with Crippen LogP contribution in [0.1, 0.15) is 61.9 Å². The summed E-state index contributed by atoms with van der Waals surface area (Å²) in [7, 11) is 0. The summed E-state index contributed by atoms with van der Waals surface area (Å²) in [5, 5.41) is 6.77. The van der Waals surface area contributed by atoms with E-state index in [0.29, 0.717) is 13.0 Å². The van der Waals surface area contributed by atoms with Crippen molar-refractivity contribution in [3.05, 3.63) is 70.8 Å². The van der Waals surface area contributed by atoms with Crippen molar-refractivity contribution >= 4 is 35.8 Å². The molecule has 0 saturated carbocycles. The first-order valence-electron chi connectivity index (χ1n) is 11.1. The van der Waals surface area contributed by atoms with Gasteiger partial charge in [-0.1, -0.05) is 55.5 Å². The molecule has 0 aromatic heterocycles. The van der Waals surface area contributed by atoms with Gasteiger partial charge in [0.1, 0.15) is 0 Å². The zero-order chi connectivity index (χ0) is 21.3. The van der Waals surface area contributed by atoms with Crippen LogP contribution in [0.2, 0.25) is 0 Å². The van der Waals surface area contributed by atoms with Crippen molar-refractivity contribution in [3.8, 4) is 0 Å². The van der Waals surface area contributed by atoms with Crippen LogP contribution in [0.4, 0.5) is 0 Å². The van der Waals surface area contributed by atoms with Crippen LogP contribution in [0.5, 0.6) is 0 Å². The molecule has 0 radical (unpaired) electrons. The Labute approximate surface area is 203 Å². The first kappa shape index (κ1) is 25.2. The molecule has 0 aliphatic carbocycles. The molecule has 0 spiro atoms. The Morgan fingerprint density at radius 1 is 1.06 bits per heavy atom. The van der Waals surface area contributed by atoms with Crippen LogP contribution in [0.3, 0.4) is 0 Å². The number of benzene rings is 2. The monoisotopic (exact) mass is 534 g/mol. The minimum Gasteiger partial charge on any atom is -0.357 e. The largest absolute Gasteiger partial charge is 0.357 e. The zero-order valence-corrected chi connectivity index (χ0v) is 21.2. The Kier molecular flexibility index (Phi) is 10.3. The maximum atomic E-state index is 12.5. The fourth-order valence-corrected chi connectivity index (χ4v) is 3.74. The molecule has 1 amide bonds. The Morgan fingerprint density at radius 2 is 1.71 bits per heavy atom. The van der Waals surface area contributed by atoms with E-state index in [-0.39, 0.29) is 35.9 Å². The summed E-state index contributed by atoms with van der Waals surface area (Å²) in [5.41, 5.74) is 5.12. The summed E-state index contributed by atoms with van der Waals surface area (Å²) in [5.74, 6) is 1.01. The average Bonchev–Trinajstić information content (AvgIpc) is 3.21. The third kappa shape index (κ3) is 7.23. The second-order valence-electron chi connectivity index (χ2n) is 7.84. The highest BCUT2D eigenvalue weighted by atomic mass is 127. The molecule has 1 aliphatic heterocycles. The van der Waals surface area contributed by atoms with Crippen molar-refractivity contribution in [2.75, 3.05) is 13.1 Å². The highest BCUT2D eigenvalue weighted by Gasteiger charge is 2.22. The van der Waals surface area contributed by atoms with Crippen LogP contribution in [0.15, 0.2) is 53.5 Å². The van der Waals surface area contributed by atoms with E-state index < -0.39 is 0 Å². The highest BCUT2D eigenvalue weighted by Crippen LogP contribution is 2.23. The van der Waals surface area contributed by atoms with Crippen LogP contribution < -0.4 is 10.6 Å². The number of hydrogen-bond acceptors (Lipinski definition) is 2. The van der Waals surface area contributed by atoms with E-state index in [1.54, 1.807) is 0 Å². The van der Waals surface area contributed by atoms with Crippen LogP contribution in [0.25, 0.3) is 0 Å². The van der Waals surface area contributed by atoms with E-state index in [0.717, 1.165) is 38.4 Å². The summed E-state index contributed by atoms with van der Waals surface area (Å²) in [6.07, 6.45) is 2.33. The Morgan fingerprint density at radius 3 is 2.29 bits per heavy atom. The second kappa shape index (κ2) is 12.7. The first-order chi connectivity index (χ1) is 14.6. The lowest BCUT2D eigenvalue weighted by atomic mass is 10.1. The molecule has 6 heteroatoms. The summed E-state index contributed by atoms with van der Waals surface area (Å²) in [6.45, 7) is 9.27. The molecule has 2 N–H and O–H groups in total. The molecule has 2 aromatic rings. The van der Waals surface area contributed by atoms with Gasteiger partial charge in [-0.25, -0.2) is 0 Å². The van der Waals surface area contributed by atoms with Crippen molar-refractivity contribution < 1.29 is 4.79 Å². The van der Waals surface area contributed by atoms with Crippen molar-refractivity contribution in [2.45, 2.75) is 59.2 Å². The molecule has 0 saturated heterocycles. The van der Waals surface area contributed by atoms with Gasteiger partial charge < -0.3 is 15.5 Å². The van der Waals surface area contributed by atoms with E-state index in [4.69, 9.17) is 0 Å². The zero-order valence-electron chi connectivity index (χ0n) is 18.9. The Balaban J connectivity index is 0.00000341. The SMILES string of the molecule is CCNC(=NCCCC(=O)N1Cc2ccccc2C1)NC(C)c1ccc(CC)cc1.I. The van der Waals surface area contributed by atoms with Gasteiger partial charge in [0.15, 0.2) is 5.96 Å². The van der Waals surface area contributed by atoms with E-state index in [1.807, 2.05) is 17.0 Å². The van der Waals surface area contributed by atoms with Gasteiger partial charge in [-0.3, -0.25) is 9.79 Å². The molecule has 1 unspecified atom stereocenters. The molecule has 2 aromatic carbocycles. The van der Waals surface area contributed by atoms with Gasteiger partial charge >= 0.3 is 0 Å². The summed E-state index contributed by atoms with van der Waals surface area (Å²) in [6, 6.07) is 17.2. The average molecular weight is 534 g/mol. The number of rotatable bonds is 8. The van der Waals surface area contributed by atoms with E-state index in [1.165, 1.54) is 22.3 Å². The smallest absolute Gasteiger partial charge is 0.223 e. The third-order valence-electron chi connectivity index (χ3n) is 5.60. The van der Waals surface area contributed by atoms with Crippen molar-refractivity contribution in [2.24, 2.45) is 4.99 Å². The lowest BCUT2D eigenvalue weighted by Crippen LogP contribution is -2.38. The number of aliphatic imine (C=N–C) groups is 1. The summed E-state index contributed by atoms with van der Waals surface area (Å²) < 4.78 is 0. The lowest BCUT2D eigenvalue weighted by molar-refractivity contribution is -0.131. The van der Waals surface area contributed by atoms with Gasteiger partial charge in [0.25, 0.3) is 0 Å². The number of aryl methyl sites for hydroxylation is 1. The molecule has 0 fully saturated rings. The quantitative estimate of drug-likeness (QED) is 0.221. The van der Waals surface area contributed by atoms with Gasteiger partial charge in [0, 0.05) is 32.6 Å². The third-order valence-corrected chi connectivity index (χ3v) is 5.60. The fraction of sp³-hybridized carbons (Fsp3) is 0.440. The molecule has 168 valence electrons. The van der Waals surface area contributed by atoms with Gasteiger partial charge in [-0.05, 0) is 48.9 Å². The molecule has 0 bridgehead atoms. The molecule has 5 nitrogen and oxygen atoms in total. The predicted octanol–water partition coefficient (Wildman–Crippen LogP) is 4.81. The van der Waals surface area contributed by atoms with Crippen molar-refractivity contribution in [1.82, 2.24) is 15.5 Å². The molecular formula is C25H35IN4O. The Hall–Kier alpha value is -2.09. The van der Waals surface area contributed by atoms with Crippen LogP contribution in [-0.4, -0.2) is 29.9 Å². The lowest BCUT2D eigenvalue weighted by Gasteiger charge is -2.19. The predicted molar refractivity (Wildman–Crippen MR) is 139 cm³/mol. The van der Waals surface area contributed by atoms with Crippen LogP contribution in [-0.2, 0) is 24.3 Å². The molecule has 1 atom stereocenters. The second-order valence-corrected chi connectivity index (χ2v) is 7.84. The molecule has 1 heterocycles.